The minimum absolute atomic E-state index is 0.0732. The summed E-state index contributed by atoms with van der Waals surface area (Å²) >= 11 is 7.69. The van der Waals surface area contributed by atoms with Gasteiger partial charge in [0.25, 0.3) is 17.1 Å². The number of nitrogens with zero attached hydrogens (tertiary/aromatic N) is 2. The van der Waals surface area contributed by atoms with E-state index in [9.17, 15) is 4.79 Å². The summed E-state index contributed by atoms with van der Waals surface area (Å²) < 4.78 is 10.8. The van der Waals surface area contributed by atoms with Gasteiger partial charge < -0.3 is 25.5 Å². The molecule has 1 saturated heterocycles. The van der Waals surface area contributed by atoms with Gasteiger partial charge in [0.15, 0.2) is 5.69 Å². The van der Waals surface area contributed by atoms with Crippen LogP contribution in [0.5, 0.6) is 5.19 Å². The lowest BCUT2D eigenvalue weighted by Crippen LogP contribution is -2.34. The van der Waals surface area contributed by atoms with Gasteiger partial charge in [0.1, 0.15) is 12.4 Å². The first kappa shape index (κ1) is 18.7. The SMILES string of the molecule is Nc1nc(C(=O)Nc2cc(-c3cnc(OC4CCNCC4)s3)ccc2Cl)co1. The predicted molar refractivity (Wildman–Crippen MR) is 108 cm³/mol. The molecule has 28 heavy (non-hydrogen) atoms. The maximum absolute atomic E-state index is 12.3. The van der Waals surface area contributed by atoms with E-state index in [1.165, 1.54) is 17.6 Å². The largest absolute Gasteiger partial charge is 0.467 e. The van der Waals surface area contributed by atoms with Gasteiger partial charge in [-0.1, -0.05) is 29.0 Å². The second kappa shape index (κ2) is 8.17. The normalized spacial score (nSPS) is 14.8. The number of rotatable bonds is 5. The minimum atomic E-state index is -0.460. The van der Waals surface area contributed by atoms with Crippen LogP contribution in [0.25, 0.3) is 10.4 Å². The smallest absolute Gasteiger partial charge is 0.292 e. The monoisotopic (exact) mass is 419 g/mol. The number of carbonyl (C=O) groups is 1. The zero-order valence-corrected chi connectivity index (χ0v) is 16.3. The molecular formula is C18H18ClN5O3S. The third-order valence-electron chi connectivity index (χ3n) is 4.29. The van der Waals surface area contributed by atoms with Crippen LogP contribution in [0.4, 0.5) is 11.7 Å². The molecule has 1 aromatic carbocycles. The Morgan fingerprint density at radius 3 is 2.96 bits per heavy atom. The molecule has 10 heteroatoms. The number of anilines is 2. The van der Waals surface area contributed by atoms with Gasteiger partial charge in [-0.3, -0.25) is 4.79 Å². The summed E-state index contributed by atoms with van der Waals surface area (Å²) in [5.41, 5.74) is 6.81. The third kappa shape index (κ3) is 4.27. The maximum Gasteiger partial charge on any atom is 0.292 e. The molecule has 146 valence electrons. The molecule has 4 rings (SSSR count). The van der Waals surface area contributed by atoms with Gasteiger partial charge in [-0.05, 0) is 43.6 Å². The first-order valence-corrected chi connectivity index (χ1v) is 9.93. The summed E-state index contributed by atoms with van der Waals surface area (Å²) in [4.78, 5) is 21.4. The highest BCUT2D eigenvalue weighted by molar-refractivity contribution is 7.16. The quantitative estimate of drug-likeness (QED) is 0.580. The predicted octanol–water partition coefficient (Wildman–Crippen LogP) is 3.42. The van der Waals surface area contributed by atoms with E-state index in [-0.39, 0.29) is 17.8 Å². The van der Waals surface area contributed by atoms with Crippen LogP contribution in [0.3, 0.4) is 0 Å². The van der Waals surface area contributed by atoms with Crippen molar-refractivity contribution in [2.75, 3.05) is 24.1 Å². The van der Waals surface area contributed by atoms with Gasteiger partial charge >= 0.3 is 0 Å². The molecule has 0 unspecified atom stereocenters. The number of hydrogen-bond acceptors (Lipinski definition) is 8. The van der Waals surface area contributed by atoms with Gasteiger partial charge in [-0.15, -0.1) is 0 Å². The molecule has 1 amide bonds. The van der Waals surface area contributed by atoms with Crippen LogP contribution in [0.2, 0.25) is 5.02 Å². The highest BCUT2D eigenvalue weighted by Crippen LogP contribution is 2.35. The Hall–Kier alpha value is -2.62. The van der Waals surface area contributed by atoms with Crippen LogP contribution in [0.15, 0.2) is 35.1 Å². The Balaban J connectivity index is 1.49. The number of nitrogens with one attached hydrogen (secondary N) is 2. The number of nitrogen functional groups attached to an aromatic ring is 1. The molecule has 0 spiro atoms. The van der Waals surface area contributed by atoms with Gasteiger partial charge in [0.05, 0.1) is 15.6 Å². The standard InChI is InChI=1S/C18H18ClN5O3S/c19-12-2-1-10(7-13(12)23-16(25)14-9-26-17(20)24-14)15-8-22-18(28-15)27-11-3-5-21-6-4-11/h1-2,7-9,11,21H,3-6H2,(H2,20,24)(H,23,25). The number of aromatic nitrogens is 2. The molecule has 0 radical (unpaired) electrons. The molecule has 0 atom stereocenters. The molecule has 3 aromatic rings. The van der Waals surface area contributed by atoms with E-state index in [1.807, 2.05) is 6.07 Å². The second-order valence-electron chi connectivity index (χ2n) is 6.28. The van der Waals surface area contributed by atoms with E-state index >= 15 is 0 Å². The zero-order chi connectivity index (χ0) is 19.5. The maximum atomic E-state index is 12.3. The molecule has 0 saturated carbocycles. The van der Waals surface area contributed by atoms with Crippen LogP contribution >= 0.6 is 22.9 Å². The average molecular weight is 420 g/mol. The lowest BCUT2D eigenvalue weighted by molar-refractivity contribution is 0.102. The summed E-state index contributed by atoms with van der Waals surface area (Å²) in [5, 5.41) is 7.08. The summed E-state index contributed by atoms with van der Waals surface area (Å²) in [6.07, 6.45) is 5.08. The minimum Gasteiger partial charge on any atom is -0.467 e. The fourth-order valence-corrected chi connectivity index (χ4v) is 3.85. The van der Waals surface area contributed by atoms with Gasteiger partial charge in [-0.2, -0.15) is 4.98 Å². The molecule has 1 fully saturated rings. The Morgan fingerprint density at radius 1 is 1.39 bits per heavy atom. The van der Waals surface area contributed by atoms with Crippen molar-refractivity contribution in [3.63, 3.8) is 0 Å². The van der Waals surface area contributed by atoms with Crippen molar-refractivity contribution in [1.29, 1.82) is 0 Å². The van der Waals surface area contributed by atoms with Crippen molar-refractivity contribution in [1.82, 2.24) is 15.3 Å². The van der Waals surface area contributed by atoms with Crippen molar-refractivity contribution in [2.24, 2.45) is 0 Å². The first-order chi connectivity index (χ1) is 13.6. The molecule has 0 aliphatic carbocycles. The van der Waals surface area contributed by atoms with Crippen LogP contribution in [-0.2, 0) is 0 Å². The number of carbonyl (C=O) groups excluding carboxylic acids is 1. The number of hydrogen-bond donors (Lipinski definition) is 3. The Bertz CT molecular complexity index is 983. The molecule has 8 nitrogen and oxygen atoms in total. The third-order valence-corrected chi connectivity index (χ3v) is 5.56. The number of halogens is 1. The Kier molecular flexibility index (Phi) is 5.47. The fraction of sp³-hybridized carbons (Fsp3) is 0.278. The lowest BCUT2D eigenvalue weighted by atomic mass is 10.1. The first-order valence-electron chi connectivity index (χ1n) is 8.74. The number of piperidine rings is 1. The number of oxazole rings is 1. The van der Waals surface area contributed by atoms with Crippen molar-refractivity contribution in [2.45, 2.75) is 18.9 Å². The van der Waals surface area contributed by atoms with E-state index in [2.05, 4.69) is 20.6 Å². The van der Waals surface area contributed by atoms with Crippen LogP contribution in [-0.4, -0.2) is 35.1 Å². The fourth-order valence-electron chi connectivity index (χ4n) is 2.85. The van der Waals surface area contributed by atoms with Crippen LogP contribution < -0.4 is 21.1 Å². The number of nitrogens with two attached hydrogens (primary N) is 1. The highest BCUT2D eigenvalue weighted by Gasteiger charge is 2.17. The van der Waals surface area contributed by atoms with E-state index in [1.54, 1.807) is 18.3 Å². The van der Waals surface area contributed by atoms with Crippen molar-refractivity contribution in [3.8, 4) is 15.6 Å². The van der Waals surface area contributed by atoms with Crippen molar-refractivity contribution >= 4 is 40.5 Å². The number of amides is 1. The summed E-state index contributed by atoms with van der Waals surface area (Å²) in [7, 11) is 0. The summed E-state index contributed by atoms with van der Waals surface area (Å²) in [5.74, 6) is -0.460. The zero-order valence-electron chi connectivity index (χ0n) is 14.8. The molecule has 4 N–H and O–H groups in total. The van der Waals surface area contributed by atoms with E-state index in [0.29, 0.717) is 15.9 Å². The van der Waals surface area contributed by atoms with Gasteiger partial charge in [-0.25, -0.2) is 4.98 Å². The Morgan fingerprint density at radius 2 is 2.21 bits per heavy atom. The van der Waals surface area contributed by atoms with E-state index in [0.717, 1.165) is 36.4 Å². The molecule has 1 aliphatic heterocycles. The summed E-state index contributed by atoms with van der Waals surface area (Å²) in [6.45, 7) is 1.92. The number of ether oxygens (including phenoxy) is 1. The molecule has 3 heterocycles. The molecular weight excluding hydrogens is 402 g/mol. The average Bonchev–Trinajstić information content (AvgIpc) is 3.33. The number of benzene rings is 1. The molecule has 0 bridgehead atoms. The number of thiazole rings is 1. The topological polar surface area (TPSA) is 115 Å². The Labute approximate surface area is 170 Å². The van der Waals surface area contributed by atoms with Crippen molar-refractivity contribution in [3.05, 3.63) is 41.4 Å². The van der Waals surface area contributed by atoms with Gasteiger partial charge in [0.2, 0.25) is 0 Å². The lowest BCUT2D eigenvalue weighted by Gasteiger charge is -2.22. The van der Waals surface area contributed by atoms with Crippen LogP contribution in [0.1, 0.15) is 23.3 Å². The van der Waals surface area contributed by atoms with E-state index < -0.39 is 5.91 Å². The second-order valence-corrected chi connectivity index (χ2v) is 7.68. The molecule has 2 aromatic heterocycles. The van der Waals surface area contributed by atoms with Crippen molar-refractivity contribution < 1.29 is 13.9 Å². The summed E-state index contributed by atoms with van der Waals surface area (Å²) in [6, 6.07) is 5.30. The van der Waals surface area contributed by atoms with Crippen LogP contribution in [0, 0.1) is 0 Å². The van der Waals surface area contributed by atoms with E-state index in [4.69, 9.17) is 26.5 Å². The highest BCUT2D eigenvalue weighted by atomic mass is 35.5. The molecule has 1 aliphatic rings. The van der Waals surface area contributed by atoms with Gasteiger partial charge in [0, 0.05) is 6.20 Å².